The summed E-state index contributed by atoms with van der Waals surface area (Å²) < 4.78 is 12.9. The van der Waals surface area contributed by atoms with Crippen LogP contribution in [0.15, 0.2) is 49.1 Å². The van der Waals surface area contributed by atoms with Crippen molar-refractivity contribution >= 4 is 11.8 Å². The van der Waals surface area contributed by atoms with E-state index in [4.69, 9.17) is 0 Å². The standard InChI is InChI=1S/C17H16FN7/c18-14-11-20-17(21-12-14)25-8-6-24(7-9-25)16-4-3-15(22-23-16)13-2-1-5-19-10-13/h1-5,10-12H,6-9H2. The van der Waals surface area contributed by atoms with Gasteiger partial charge in [-0.25, -0.2) is 14.4 Å². The maximum Gasteiger partial charge on any atom is 0.225 e. The second kappa shape index (κ2) is 6.76. The molecule has 0 amide bonds. The first-order valence-corrected chi connectivity index (χ1v) is 8.01. The number of hydrogen-bond acceptors (Lipinski definition) is 7. The predicted molar refractivity (Wildman–Crippen MR) is 91.7 cm³/mol. The van der Waals surface area contributed by atoms with Gasteiger partial charge >= 0.3 is 0 Å². The summed E-state index contributed by atoms with van der Waals surface area (Å²) in [6, 6.07) is 7.76. The first-order chi connectivity index (χ1) is 12.3. The Balaban J connectivity index is 1.41. The molecule has 1 aliphatic rings. The van der Waals surface area contributed by atoms with E-state index in [0.29, 0.717) is 5.95 Å². The lowest BCUT2D eigenvalue weighted by atomic mass is 10.2. The summed E-state index contributed by atoms with van der Waals surface area (Å²) in [5, 5.41) is 8.64. The van der Waals surface area contributed by atoms with Crippen molar-refractivity contribution < 1.29 is 4.39 Å². The molecule has 7 nitrogen and oxygen atoms in total. The number of piperazine rings is 1. The molecule has 1 saturated heterocycles. The van der Waals surface area contributed by atoms with Crippen LogP contribution >= 0.6 is 0 Å². The summed E-state index contributed by atoms with van der Waals surface area (Å²) in [4.78, 5) is 16.4. The Labute approximate surface area is 144 Å². The molecule has 0 N–H and O–H groups in total. The Hall–Kier alpha value is -3.16. The van der Waals surface area contributed by atoms with Crippen LogP contribution in [0.1, 0.15) is 0 Å². The van der Waals surface area contributed by atoms with Gasteiger partial charge in [0.25, 0.3) is 0 Å². The van der Waals surface area contributed by atoms with E-state index in [0.717, 1.165) is 43.3 Å². The smallest absolute Gasteiger partial charge is 0.225 e. The van der Waals surface area contributed by atoms with Gasteiger partial charge < -0.3 is 9.80 Å². The minimum atomic E-state index is -0.425. The lowest BCUT2D eigenvalue weighted by Crippen LogP contribution is -2.47. The minimum Gasteiger partial charge on any atom is -0.352 e. The Morgan fingerprint density at radius 2 is 1.60 bits per heavy atom. The van der Waals surface area contributed by atoms with Crippen LogP contribution in [0.2, 0.25) is 0 Å². The van der Waals surface area contributed by atoms with Crippen LogP contribution < -0.4 is 9.80 Å². The lowest BCUT2D eigenvalue weighted by Gasteiger charge is -2.35. The van der Waals surface area contributed by atoms with Gasteiger partial charge in [0.15, 0.2) is 11.6 Å². The number of halogens is 1. The van der Waals surface area contributed by atoms with E-state index in [2.05, 4.69) is 30.0 Å². The summed E-state index contributed by atoms with van der Waals surface area (Å²) in [7, 11) is 0. The molecular weight excluding hydrogens is 321 g/mol. The molecule has 3 aromatic heterocycles. The second-order valence-electron chi connectivity index (χ2n) is 5.69. The van der Waals surface area contributed by atoms with E-state index in [1.54, 1.807) is 12.4 Å². The summed E-state index contributed by atoms with van der Waals surface area (Å²) in [6.45, 7) is 3.05. The van der Waals surface area contributed by atoms with E-state index in [1.807, 2.05) is 29.2 Å². The first kappa shape index (κ1) is 15.4. The van der Waals surface area contributed by atoms with Crippen LogP contribution in [-0.2, 0) is 0 Å². The van der Waals surface area contributed by atoms with Crippen molar-refractivity contribution in [2.24, 2.45) is 0 Å². The highest BCUT2D eigenvalue weighted by Gasteiger charge is 2.20. The number of pyridine rings is 1. The molecule has 0 spiro atoms. The molecule has 0 aromatic carbocycles. The highest BCUT2D eigenvalue weighted by atomic mass is 19.1. The van der Waals surface area contributed by atoms with Gasteiger partial charge in [0.2, 0.25) is 5.95 Å². The molecule has 8 heteroatoms. The number of nitrogens with zero attached hydrogens (tertiary/aromatic N) is 7. The number of aromatic nitrogens is 5. The van der Waals surface area contributed by atoms with E-state index in [9.17, 15) is 4.39 Å². The molecular formula is C17H16FN7. The molecule has 4 rings (SSSR count). The summed E-state index contributed by atoms with van der Waals surface area (Å²) in [5.41, 5.74) is 1.75. The van der Waals surface area contributed by atoms with Crippen molar-refractivity contribution in [1.29, 1.82) is 0 Å². The maximum atomic E-state index is 12.9. The number of hydrogen-bond donors (Lipinski definition) is 0. The maximum absolute atomic E-state index is 12.9. The third-order valence-corrected chi connectivity index (χ3v) is 4.10. The fraction of sp³-hybridized carbons (Fsp3) is 0.235. The Morgan fingerprint density at radius 3 is 2.24 bits per heavy atom. The molecule has 0 radical (unpaired) electrons. The third-order valence-electron chi connectivity index (χ3n) is 4.10. The summed E-state index contributed by atoms with van der Waals surface area (Å²) in [5.74, 6) is 0.970. The first-order valence-electron chi connectivity index (χ1n) is 8.01. The normalized spacial score (nSPS) is 14.6. The number of anilines is 2. The highest BCUT2D eigenvalue weighted by molar-refractivity contribution is 5.58. The van der Waals surface area contributed by atoms with Gasteiger partial charge in [-0.05, 0) is 24.3 Å². The van der Waals surface area contributed by atoms with Crippen molar-refractivity contribution in [2.45, 2.75) is 0 Å². The highest BCUT2D eigenvalue weighted by Crippen LogP contribution is 2.19. The Kier molecular flexibility index (Phi) is 4.16. The predicted octanol–water partition coefficient (Wildman–Crippen LogP) is 1.79. The largest absolute Gasteiger partial charge is 0.352 e. The van der Waals surface area contributed by atoms with E-state index in [1.165, 1.54) is 12.4 Å². The second-order valence-corrected chi connectivity index (χ2v) is 5.69. The summed E-state index contributed by atoms with van der Waals surface area (Å²) >= 11 is 0. The fourth-order valence-corrected chi connectivity index (χ4v) is 2.77. The summed E-state index contributed by atoms with van der Waals surface area (Å²) in [6.07, 6.45) is 5.88. The van der Waals surface area contributed by atoms with Crippen LogP contribution in [0.5, 0.6) is 0 Å². The van der Waals surface area contributed by atoms with E-state index < -0.39 is 5.82 Å². The van der Waals surface area contributed by atoms with Crippen LogP contribution in [0.4, 0.5) is 16.2 Å². The zero-order chi connectivity index (χ0) is 17.1. The van der Waals surface area contributed by atoms with Crippen molar-refractivity contribution in [3.05, 3.63) is 54.9 Å². The van der Waals surface area contributed by atoms with Gasteiger partial charge in [0, 0.05) is 44.1 Å². The molecule has 25 heavy (non-hydrogen) atoms. The number of rotatable bonds is 3. The molecule has 126 valence electrons. The van der Waals surface area contributed by atoms with Crippen molar-refractivity contribution in [1.82, 2.24) is 25.1 Å². The van der Waals surface area contributed by atoms with E-state index >= 15 is 0 Å². The SMILES string of the molecule is Fc1cnc(N2CCN(c3ccc(-c4cccnc4)nn3)CC2)nc1. The average Bonchev–Trinajstić information content (AvgIpc) is 2.70. The minimum absolute atomic E-state index is 0.425. The molecule has 0 atom stereocenters. The van der Waals surface area contributed by atoms with Crippen LogP contribution in [0.3, 0.4) is 0 Å². The van der Waals surface area contributed by atoms with Gasteiger partial charge in [-0.15, -0.1) is 10.2 Å². The molecule has 1 aliphatic heterocycles. The van der Waals surface area contributed by atoms with E-state index in [-0.39, 0.29) is 0 Å². The molecule has 0 unspecified atom stereocenters. The van der Waals surface area contributed by atoms with Crippen molar-refractivity contribution in [3.63, 3.8) is 0 Å². The van der Waals surface area contributed by atoms with Gasteiger partial charge in [-0.2, -0.15) is 0 Å². The third kappa shape index (κ3) is 3.37. The van der Waals surface area contributed by atoms with Crippen molar-refractivity contribution in [2.75, 3.05) is 36.0 Å². The van der Waals surface area contributed by atoms with Gasteiger partial charge in [-0.1, -0.05) is 0 Å². The molecule has 0 aliphatic carbocycles. The zero-order valence-corrected chi connectivity index (χ0v) is 13.5. The molecule has 3 aromatic rings. The molecule has 4 heterocycles. The Morgan fingerprint density at radius 1 is 0.840 bits per heavy atom. The topological polar surface area (TPSA) is 70.9 Å². The van der Waals surface area contributed by atoms with Gasteiger partial charge in [-0.3, -0.25) is 4.98 Å². The van der Waals surface area contributed by atoms with Crippen molar-refractivity contribution in [3.8, 4) is 11.3 Å². The van der Waals surface area contributed by atoms with Gasteiger partial charge in [0.05, 0.1) is 18.1 Å². The fourth-order valence-electron chi connectivity index (χ4n) is 2.77. The van der Waals surface area contributed by atoms with Crippen LogP contribution in [-0.4, -0.2) is 51.3 Å². The Bertz CT molecular complexity index is 816. The van der Waals surface area contributed by atoms with Crippen LogP contribution in [0, 0.1) is 5.82 Å². The lowest BCUT2D eigenvalue weighted by molar-refractivity contribution is 0.601. The zero-order valence-electron chi connectivity index (χ0n) is 13.5. The molecule has 0 bridgehead atoms. The molecule has 1 fully saturated rings. The molecule has 0 saturated carbocycles. The average molecular weight is 337 g/mol. The quantitative estimate of drug-likeness (QED) is 0.721. The monoisotopic (exact) mass is 337 g/mol. The van der Waals surface area contributed by atoms with Gasteiger partial charge in [0.1, 0.15) is 0 Å². The van der Waals surface area contributed by atoms with Crippen LogP contribution in [0.25, 0.3) is 11.3 Å².